The Hall–Kier alpha value is -3.15. The molecule has 1 fully saturated rings. The molecule has 2 aliphatic rings. The summed E-state index contributed by atoms with van der Waals surface area (Å²) in [5.74, 6) is 2.70. The lowest BCUT2D eigenvalue weighted by molar-refractivity contribution is 0.0713. The van der Waals surface area contributed by atoms with Gasteiger partial charge in [0.25, 0.3) is 5.91 Å². The Kier molecular flexibility index (Phi) is 4.11. The van der Waals surface area contributed by atoms with E-state index in [1.165, 1.54) is 10.9 Å². The van der Waals surface area contributed by atoms with Gasteiger partial charge in [-0.15, -0.1) is 0 Å². The molecule has 28 heavy (non-hydrogen) atoms. The number of methoxy groups -OCH3 is 1. The molecule has 1 N–H and O–H groups in total. The molecule has 144 valence electrons. The number of benzene rings is 2. The van der Waals surface area contributed by atoms with Crippen LogP contribution in [0.3, 0.4) is 0 Å². The first kappa shape index (κ1) is 17.0. The average Bonchev–Trinajstić information content (AvgIpc) is 3.39. The van der Waals surface area contributed by atoms with Gasteiger partial charge in [-0.05, 0) is 60.7 Å². The quantitative estimate of drug-likeness (QED) is 0.750. The summed E-state index contributed by atoms with van der Waals surface area (Å²) in [5, 5.41) is 1.21. The minimum Gasteiger partial charge on any atom is -0.497 e. The number of rotatable bonds is 3. The van der Waals surface area contributed by atoms with Crippen LogP contribution in [0.4, 0.5) is 0 Å². The van der Waals surface area contributed by atoms with Crippen LogP contribution in [0.5, 0.6) is 17.2 Å². The maximum Gasteiger partial charge on any atom is 0.253 e. The molecule has 0 saturated carbocycles. The van der Waals surface area contributed by atoms with Gasteiger partial charge in [-0.2, -0.15) is 0 Å². The molecule has 2 aromatic carbocycles. The number of fused-ring (bicyclic) bond motifs is 2. The van der Waals surface area contributed by atoms with Crippen molar-refractivity contribution >= 4 is 16.8 Å². The molecule has 0 atom stereocenters. The Balaban J connectivity index is 1.30. The van der Waals surface area contributed by atoms with Crippen molar-refractivity contribution in [3.8, 4) is 17.2 Å². The van der Waals surface area contributed by atoms with Gasteiger partial charge in [0.15, 0.2) is 11.5 Å². The summed E-state index contributed by atoms with van der Waals surface area (Å²) in [7, 11) is 1.69. The van der Waals surface area contributed by atoms with E-state index in [0.29, 0.717) is 23.0 Å². The van der Waals surface area contributed by atoms with E-state index in [0.717, 1.165) is 37.2 Å². The summed E-state index contributed by atoms with van der Waals surface area (Å²) < 4.78 is 16.1. The van der Waals surface area contributed by atoms with E-state index in [4.69, 9.17) is 14.2 Å². The first-order valence-corrected chi connectivity index (χ1v) is 9.57. The summed E-state index contributed by atoms with van der Waals surface area (Å²) in [6.45, 7) is 1.71. The normalized spacial score (nSPS) is 16.5. The third kappa shape index (κ3) is 2.85. The first-order chi connectivity index (χ1) is 13.7. The summed E-state index contributed by atoms with van der Waals surface area (Å²) in [6, 6.07) is 11.5. The van der Waals surface area contributed by atoms with Gasteiger partial charge in [0.2, 0.25) is 6.79 Å². The fraction of sp³-hybridized carbons (Fsp3) is 0.318. The molecule has 0 spiro atoms. The largest absolute Gasteiger partial charge is 0.497 e. The predicted octanol–water partition coefficient (Wildman–Crippen LogP) is 3.93. The summed E-state index contributed by atoms with van der Waals surface area (Å²) in [5.41, 5.74) is 3.08. The van der Waals surface area contributed by atoms with E-state index in [9.17, 15) is 4.79 Å². The van der Waals surface area contributed by atoms with Crippen molar-refractivity contribution in [3.05, 3.63) is 53.7 Å². The lowest BCUT2D eigenvalue weighted by atomic mass is 9.89. The number of amides is 1. The number of hydrogen-bond donors (Lipinski definition) is 1. The number of ether oxygens (including phenoxy) is 3. The van der Waals surface area contributed by atoms with Gasteiger partial charge < -0.3 is 24.1 Å². The van der Waals surface area contributed by atoms with Crippen molar-refractivity contribution in [2.24, 2.45) is 0 Å². The molecule has 6 heteroatoms. The van der Waals surface area contributed by atoms with Crippen molar-refractivity contribution in [2.45, 2.75) is 18.8 Å². The molecule has 0 aliphatic carbocycles. The van der Waals surface area contributed by atoms with Crippen molar-refractivity contribution in [3.63, 3.8) is 0 Å². The van der Waals surface area contributed by atoms with E-state index in [1.807, 2.05) is 23.1 Å². The second kappa shape index (κ2) is 6.78. The Bertz CT molecular complexity index is 1030. The molecule has 1 aromatic heterocycles. The third-order valence-electron chi connectivity index (χ3n) is 5.76. The Morgan fingerprint density at radius 3 is 2.75 bits per heavy atom. The Labute approximate surface area is 163 Å². The van der Waals surface area contributed by atoms with Gasteiger partial charge in [0, 0.05) is 35.8 Å². The van der Waals surface area contributed by atoms with E-state index >= 15 is 0 Å². The number of aromatic nitrogens is 1. The minimum absolute atomic E-state index is 0.0531. The molecule has 0 bridgehead atoms. The maximum absolute atomic E-state index is 12.9. The van der Waals surface area contributed by atoms with Gasteiger partial charge in [-0.1, -0.05) is 0 Å². The maximum atomic E-state index is 12.9. The van der Waals surface area contributed by atoms with Gasteiger partial charge in [-0.25, -0.2) is 0 Å². The molecule has 1 amide bonds. The van der Waals surface area contributed by atoms with Gasteiger partial charge >= 0.3 is 0 Å². The van der Waals surface area contributed by atoms with Crippen LogP contribution in [0.2, 0.25) is 0 Å². The van der Waals surface area contributed by atoms with Crippen molar-refractivity contribution in [1.82, 2.24) is 9.88 Å². The van der Waals surface area contributed by atoms with Crippen LogP contribution >= 0.6 is 0 Å². The summed E-state index contributed by atoms with van der Waals surface area (Å²) in [4.78, 5) is 18.2. The topological polar surface area (TPSA) is 63.8 Å². The van der Waals surface area contributed by atoms with Crippen LogP contribution in [0.25, 0.3) is 10.9 Å². The smallest absolute Gasteiger partial charge is 0.253 e. The van der Waals surface area contributed by atoms with Crippen molar-refractivity contribution < 1.29 is 19.0 Å². The number of nitrogens with one attached hydrogen (secondary N) is 1. The second-order valence-electron chi connectivity index (χ2n) is 7.29. The zero-order valence-electron chi connectivity index (χ0n) is 15.7. The number of aromatic amines is 1. The zero-order valence-corrected chi connectivity index (χ0v) is 15.7. The number of nitrogens with zero attached hydrogens (tertiary/aromatic N) is 1. The molecule has 3 heterocycles. The number of likely N-dealkylation sites (tertiary alicyclic amines) is 1. The molecule has 2 aliphatic heterocycles. The Morgan fingerprint density at radius 2 is 1.93 bits per heavy atom. The third-order valence-corrected chi connectivity index (χ3v) is 5.76. The van der Waals surface area contributed by atoms with E-state index in [1.54, 1.807) is 13.2 Å². The lowest BCUT2D eigenvalue weighted by Crippen LogP contribution is -2.37. The molecule has 3 aromatic rings. The molecule has 0 unspecified atom stereocenters. The van der Waals surface area contributed by atoms with Crippen LogP contribution < -0.4 is 14.2 Å². The second-order valence-corrected chi connectivity index (χ2v) is 7.29. The fourth-order valence-corrected chi connectivity index (χ4v) is 4.19. The lowest BCUT2D eigenvalue weighted by Gasteiger charge is -2.32. The molecule has 1 saturated heterocycles. The standard InChI is InChI=1S/C22H22N2O4/c1-26-16-3-4-19-17(11-16)18(12-23-19)14-6-8-24(9-7-14)22(25)15-2-5-20-21(10-15)28-13-27-20/h2-5,10-12,14,23H,6-9,13H2,1H3. The van der Waals surface area contributed by atoms with Gasteiger partial charge in [-0.3, -0.25) is 4.79 Å². The highest BCUT2D eigenvalue weighted by molar-refractivity contribution is 5.95. The van der Waals surface area contributed by atoms with Crippen LogP contribution in [0, 0.1) is 0 Å². The van der Waals surface area contributed by atoms with E-state index in [2.05, 4.69) is 23.3 Å². The summed E-state index contributed by atoms with van der Waals surface area (Å²) in [6.07, 6.45) is 3.99. The SMILES string of the molecule is COc1ccc2[nH]cc(C3CCN(C(=O)c4ccc5c(c4)OCO5)CC3)c2c1. The number of piperidine rings is 1. The van der Waals surface area contributed by atoms with Gasteiger partial charge in [0.05, 0.1) is 7.11 Å². The highest BCUT2D eigenvalue weighted by Crippen LogP contribution is 2.36. The number of hydrogen-bond acceptors (Lipinski definition) is 4. The van der Waals surface area contributed by atoms with Crippen LogP contribution in [0.1, 0.15) is 34.7 Å². The van der Waals surface area contributed by atoms with Gasteiger partial charge in [0.1, 0.15) is 5.75 Å². The molecule has 5 rings (SSSR count). The molecule has 6 nitrogen and oxygen atoms in total. The molecular formula is C22H22N2O4. The van der Waals surface area contributed by atoms with E-state index < -0.39 is 0 Å². The van der Waals surface area contributed by atoms with Crippen LogP contribution in [-0.4, -0.2) is 42.8 Å². The van der Waals surface area contributed by atoms with Crippen molar-refractivity contribution in [1.29, 1.82) is 0 Å². The zero-order chi connectivity index (χ0) is 19.1. The van der Waals surface area contributed by atoms with E-state index in [-0.39, 0.29) is 12.7 Å². The monoisotopic (exact) mass is 378 g/mol. The summed E-state index contributed by atoms with van der Waals surface area (Å²) >= 11 is 0. The Morgan fingerprint density at radius 1 is 1.11 bits per heavy atom. The predicted molar refractivity (Wildman–Crippen MR) is 105 cm³/mol. The average molecular weight is 378 g/mol. The fourth-order valence-electron chi connectivity index (χ4n) is 4.19. The highest BCUT2D eigenvalue weighted by atomic mass is 16.7. The van der Waals surface area contributed by atoms with Crippen LogP contribution in [-0.2, 0) is 0 Å². The number of H-pyrrole nitrogens is 1. The van der Waals surface area contributed by atoms with Crippen molar-refractivity contribution in [2.75, 3.05) is 27.0 Å². The number of carbonyl (C=O) groups excluding carboxylic acids is 1. The first-order valence-electron chi connectivity index (χ1n) is 9.57. The number of carbonyl (C=O) groups is 1. The molecular weight excluding hydrogens is 356 g/mol. The van der Waals surface area contributed by atoms with Crippen LogP contribution in [0.15, 0.2) is 42.6 Å². The molecule has 0 radical (unpaired) electrons. The minimum atomic E-state index is 0.0531. The highest BCUT2D eigenvalue weighted by Gasteiger charge is 2.27.